The summed E-state index contributed by atoms with van der Waals surface area (Å²) >= 11 is 0. The van der Waals surface area contributed by atoms with Crippen LogP contribution in [0.25, 0.3) is 0 Å². The fourth-order valence-corrected chi connectivity index (χ4v) is 5.27. The van der Waals surface area contributed by atoms with Crippen LogP contribution < -0.4 is 5.73 Å². The first-order valence-corrected chi connectivity index (χ1v) is 10.2. The van der Waals surface area contributed by atoms with E-state index in [1.165, 1.54) is 7.11 Å². The van der Waals surface area contributed by atoms with Crippen molar-refractivity contribution < 1.29 is 9.53 Å². The summed E-state index contributed by atoms with van der Waals surface area (Å²) in [7, 11) is 1.36. The van der Waals surface area contributed by atoms with Gasteiger partial charge in [-0.15, -0.1) is 0 Å². The first kappa shape index (κ1) is 21.6. The van der Waals surface area contributed by atoms with E-state index >= 15 is 0 Å². The lowest BCUT2D eigenvalue weighted by molar-refractivity contribution is 0.0600. The summed E-state index contributed by atoms with van der Waals surface area (Å²) in [6.07, 6.45) is 3.05. The minimum Gasteiger partial charge on any atom is -0.465 e. The summed E-state index contributed by atoms with van der Waals surface area (Å²) in [6, 6.07) is 11.8. The molecule has 0 aromatic heterocycles. The average Bonchev–Trinajstić information content (AvgIpc) is 2.75. The second kappa shape index (κ2) is 7.97. The van der Waals surface area contributed by atoms with Crippen LogP contribution in [0.4, 0.5) is 0 Å². The number of carbonyl (C=O) groups excluding carboxylic acids is 1. The number of benzene rings is 1. The van der Waals surface area contributed by atoms with Gasteiger partial charge in [0.15, 0.2) is 0 Å². The van der Waals surface area contributed by atoms with Gasteiger partial charge in [-0.25, -0.2) is 4.79 Å². The van der Waals surface area contributed by atoms with Crippen LogP contribution in [0.2, 0.25) is 0 Å². The number of hydrogen-bond acceptors (Lipinski definition) is 6. The number of allylic oxidation sites excluding steroid dienone is 2. The van der Waals surface area contributed by atoms with Crippen molar-refractivity contribution in [3.8, 4) is 12.1 Å². The summed E-state index contributed by atoms with van der Waals surface area (Å²) < 4.78 is 4.81. The van der Waals surface area contributed by atoms with Crippen molar-refractivity contribution in [1.29, 1.82) is 10.5 Å². The number of fused-ring (bicyclic) bond motifs is 1. The molecule has 1 heterocycles. The zero-order valence-electron chi connectivity index (χ0n) is 18.0. The average molecular weight is 405 g/mol. The van der Waals surface area contributed by atoms with Crippen LogP contribution >= 0.6 is 0 Å². The number of hydrogen-bond donors (Lipinski definition) is 1. The molecule has 0 saturated heterocycles. The molecule has 1 aromatic carbocycles. The van der Waals surface area contributed by atoms with Gasteiger partial charge >= 0.3 is 5.97 Å². The van der Waals surface area contributed by atoms with E-state index in [4.69, 9.17) is 10.5 Å². The summed E-state index contributed by atoms with van der Waals surface area (Å²) in [5.74, 6) is -0.492. The van der Waals surface area contributed by atoms with E-state index < -0.39 is 10.8 Å². The quantitative estimate of drug-likeness (QED) is 0.608. The van der Waals surface area contributed by atoms with Crippen molar-refractivity contribution in [1.82, 2.24) is 4.90 Å². The maximum absolute atomic E-state index is 11.8. The normalized spacial score (nSPS) is 25.5. The van der Waals surface area contributed by atoms with Crippen LogP contribution in [-0.2, 0) is 4.74 Å². The highest BCUT2D eigenvalue weighted by molar-refractivity contribution is 5.89. The second-order valence-electron chi connectivity index (χ2n) is 8.39. The van der Waals surface area contributed by atoms with Crippen LogP contribution in [-0.4, -0.2) is 37.6 Å². The van der Waals surface area contributed by atoms with Gasteiger partial charge in [0, 0.05) is 30.1 Å². The van der Waals surface area contributed by atoms with Gasteiger partial charge in [-0.2, -0.15) is 10.5 Å². The molecule has 30 heavy (non-hydrogen) atoms. The zero-order chi connectivity index (χ0) is 22.1. The van der Waals surface area contributed by atoms with Crippen molar-refractivity contribution >= 4 is 5.97 Å². The molecule has 6 heteroatoms. The number of carbonyl (C=O) groups is 1. The summed E-state index contributed by atoms with van der Waals surface area (Å²) in [5, 5.41) is 20.1. The fourth-order valence-electron chi connectivity index (χ4n) is 5.27. The SMILES string of the molecule is CCCN1CC=C2C(C#N)(C#N)C(N)=C(C)[C@H](c3ccc(C(=O)OC)cc3)[C@@]2(C)C1. The second-order valence-corrected chi connectivity index (χ2v) is 8.39. The molecule has 2 aliphatic rings. The molecule has 6 nitrogen and oxygen atoms in total. The minimum absolute atomic E-state index is 0.107. The third-order valence-electron chi connectivity index (χ3n) is 6.56. The molecule has 156 valence electrons. The molecule has 1 aromatic rings. The van der Waals surface area contributed by atoms with E-state index in [0.29, 0.717) is 17.8 Å². The molecule has 3 rings (SSSR count). The summed E-state index contributed by atoms with van der Waals surface area (Å²) in [5.41, 5.74) is 7.98. The molecule has 2 atom stereocenters. The molecule has 0 unspecified atom stereocenters. The van der Waals surface area contributed by atoms with Crippen LogP contribution in [0.15, 0.2) is 47.2 Å². The van der Waals surface area contributed by atoms with Crippen molar-refractivity contribution in [2.24, 2.45) is 16.6 Å². The smallest absolute Gasteiger partial charge is 0.337 e. The maximum atomic E-state index is 11.8. The van der Waals surface area contributed by atoms with Crippen LogP contribution in [0.5, 0.6) is 0 Å². The Morgan fingerprint density at radius 2 is 1.93 bits per heavy atom. The van der Waals surface area contributed by atoms with E-state index in [1.807, 2.05) is 25.1 Å². The van der Waals surface area contributed by atoms with Crippen molar-refractivity contribution in [2.45, 2.75) is 33.1 Å². The molecule has 1 aliphatic carbocycles. The Morgan fingerprint density at radius 3 is 2.47 bits per heavy atom. The standard InChI is InChI=1S/C24H28N4O2/c1-5-11-28-12-10-19-23(3,15-28)20(16(2)21(27)24(19,13-25)14-26)17-6-8-18(9-7-17)22(29)30-4/h6-10,20H,5,11-12,15,27H2,1-4H3/t20-,23+/m1/s1. The van der Waals surface area contributed by atoms with Crippen LogP contribution in [0, 0.1) is 33.5 Å². The van der Waals surface area contributed by atoms with Crippen molar-refractivity contribution in [3.63, 3.8) is 0 Å². The molecule has 0 spiro atoms. The van der Waals surface area contributed by atoms with Gasteiger partial charge in [0.05, 0.1) is 24.8 Å². The van der Waals surface area contributed by atoms with Crippen LogP contribution in [0.1, 0.15) is 49.0 Å². The van der Waals surface area contributed by atoms with E-state index in [2.05, 4.69) is 30.9 Å². The topological polar surface area (TPSA) is 103 Å². The number of methoxy groups -OCH3 is 1. The first-order chi connectivity index (χ1) is 14.3. The van der Waals surface area contributed by atoms with Gasteiger partial charge in [0.25, 0.3) is 0 Å². The predicted molar refractivity (Wildman–Crippen MR) is 114 cm³/mol. The Balaban J connectivity index is 2.21. The molecular formula is C24H28N4O2. The lowest BCUT2D eigenvalue weighted by Gasteiger charge is -2.53. The number of rotatable bonds is 4. The third-order valence-corrected chi connectivity index (χ3v) is 6.56. The van der Waals surface area contributed by atoms with E-state index in [9.17, 15) is 15.3 Å². The number of ether oxygens (including phenoxy) is 1. The Labute approximate surface area is 178 Å². The van der Waals surface area contributed by atoms with E-state index in [1.54, 1.807) is 12.1 Å². The monoisotopic (exact) mass is 404 g/mol. The number of nitrogens with two attached hydrogens (primary N) is 1. The van der Waals surface area contributed by atoms with Gasteiger partial charge in [-0.1, -0.05) is 32.1 Å². The highest BCUT2D eigenvalue weighted by Gasteiger charge is 2.57. The maximum Gasteiger partial charge on any atom is 0.337 e. The molecule has 0 radical (unpaired) electrons. The van der Waals surface area contributed by atoms with E-state index in [0.717, 1.165) is 36.2 Å². The fraction of sp³-hybridized carbons (Fsp3) is 0.458. The molecule has 1 aliphatic heterocycles. The minimum atomic E-state index is -1.44. The van der Waals surface area contributed by atoms with Crippen molar-refractivity contribution in [2.75, 3.05) is 26.7 Å². The Morgan fingerprint density at radius 1 is 1.30 bits per heavy atom. The molecule has 0 bridgehead atoms. The van der Waals surface area contributed by atoms with Crippen LogP contribution in [0.3, 0.4) is 0 Å². The largest absolute Gasteiger partial charge is 0.465 e. The highest BCUT2D eigenvalue weighted by atomic mass is 16.5. The highest BCUT2D eigenvalue weighted by Crippen LogP contribution is 2.59. The van der Waals surface area contributed by atoms with Gasteiger partial charge < -0.3 is 10.5 Å². The zero-order valence-corrected chi connectivity index (χ0v) is 18.0. The molecule has 0 amide bonds. The molecule has 0 fully saturated rings. The summed E-state index contributed by atoms with van der Waals surface area (Å²) in [6.45, 7) is 8.55. The van der Waals surface area contributed by atoms with E-state index in [-0.39, 0.29) is 11.9 Å². The number of nitrogens with zero attached hydrogens (tertiary/aromatic N) is 3. The number of esters is 1. The Kier molecular flexibility index (Phi) is 5.74. The number of nitriles is 2. The van der Waals surface area contributed by atoms with Gasteiger partial charge in [-0.3, -0.25) is 4.90 Å². The summed E-state index contributed by atoms with van der Waals surface area (Å²) in [4.78, 5) is 14.2. The first-order valence-electron chi connectivity index (χ1n) is 10.2. The lowest BCUT2D eigenvalue weighted by atomic mass is 9.52. The molecular weight excluding hydrogens is 376 g/mol. The van der Waals surface area contributed by atoms with Crippen molar-refractivity contribution in [3.05, 3.63) is 58.3 Å². The predicted octanol–water partition coefficient (Wildman–Crippen LogP) is 3.49. The molecule has 2 N–H and O–H groups in total. The van der Waals surface area contributed by atoms with Gasteiger partial charge in [0.2, 0.25) is 5.41 Å². The molecule has 0 saturated carbocycles. The Hall–Kier alpha value is -3.09. The lowest BCUT2D eigenvalue weighted by Crippen LogP contribution is -2.53. The third kappa shape index (κ3) is 3.09. The van der Waals surface area contributed by atoms with Gasteiger partial charge in [0.1, 0.15) is 0 Å². The Bertz CT molecular complexity index is 980. The van der Waals surface area contributed by atoms with Gasteiger partial charge in [-0.05, 0) is 48.7 Å².